The lowest BCUT2D eigenvalue weighted by molar-refractivity contribution is -0.144. The van der Waals surface area contributed by atoms with Gasteiger partial charge in [0.25, 0.3) is 0 Å². The number of hydrogen-bond acceptors (Lipinski definition) is 5. The normalized spacial score (nSPS) is 10.2. The Kier molecular flexibility index (Phi) is 5.83. The van der Waals surface area contributed by atoms with E-state index in [0.717, 1.165) is 16.9 Å². The van der Waals surface area contributed by atoms with Crippen LogP contribution < -0.4 is 9.47 Å². The molecule has 2 aromatic carbocycles. The van der Waals surface area contributed by atoms with E-state index in [1.807, 2.05) is 54.6 Å². The van der Waals surface area contributed by atoms with Crippen LogP contribution in [0.3, 0.4) is 0 Å². The predicted molar refractivity (Wildman–Crippen MR) is 97.2 cm³/mol. The summed E-state index contributed by atoms with van der Waals surface area (Å²) in [5, 5.41) is 0. The lowest BCUT2D eigenvalue weighted by Gasteiger charge is -2.11. The van der Waals surface area contributed by atoms with Crippen molar-refractivity contribution in [1.29, 1.82) is 0 Å². The van der Waals surface area contributed by atoms with Gasteiger partial charge in [-0.25, -0.2) is 0 Å². The standard InChI is InChI=1S/C21H19NO4/c1-24-18-10-8-16(9-11-18)13-21(23)25-15-17-5-2-3-7-20(17)26-19-6-4-12-22-14-19/h2-12,14H,13,15H2,1H3. The van der Waals surface area contributed by atoms with Crippen LogP contribution in [0.5, 0.6) is 17.2 Å². The molecule has 0 spiro atoms. The largest absolute Gasteiger partial charge is 0.497 e. The van der Waals surface area contributed by atoms with Gasteiger partial charge in [-0.2, -0.15) is 0 Å². The van der Waals surface area contributed by atoms with Crippen molar-refractivity contribution in [2.45, 2.75) is 13.0 Å². The molecule has 1 aromatic heterocycles. The second-order valence-electron chi connectivity index (χ2n) is 5.58. The zero-order chi connectivity index (χ0) is 18.2. The third-order valence-electron chi connectivity index (χ3n) is 3.73. The Bertz CT molecular complexity index is 847. The number of esters is 1. The molecule has 0 atom stereocenters. The summed E-state index contributed by atoms with van der Waals surface area (Å²) in [6.07, 6.45) is 3.52. The molecular weight excluding hydrogens is 330 g/mol. The molecule has 0 fully saturated rings. The maximum atomic E-state index is 12.1. The average Bonchev–Trinajstić information content (AvgIpc) is 2.69. The second kappa shape index (κ2) is 8.67. The number of rotatable bonds is 7. The molecule has 3 rings (SSSR count). The number of carbonyl (C=O) groups excluding carboxylic acids is 1. The summed E-state index contributed by atoms with van der Waals surface area (Å²) >= 11 is 0. The first-order valence-electron chi connectivity index (χ1n) is 8.19. The summed E-state index contributed by atoms with van der Waals surface area (Å²) in [4.78, 5) is 16.1. The molecule has 0 aliphatic rings. The molecule has 0 aliphatic heterocycles. The molecule has 0 bridgehead atoms. The lowest BCUT2D eigenvalue weighted by atomic mass is 10.1. The molecule has 0 aliphatic carbocycles. The zero-order valence-corrected chi connectivity index (χ0v) is 14.4. The van der Waals surface area contributed by atoms with Crippen LogP contribution in [0.1, 0.15) is 11.1 Å². The Morgan fingerprint density at radius 1 is 0.962 bits per heavy atom. The van der Waals surface area contributed by atoms with Crippen molar-refractivity contribution in [2.24, 2.45) is 0 Å². The Morgan fingerprint density at radius 2 is 1.77 bits per heavy atom. The van der Waals surface area contributed by atoms with Crippen molar-refractivity contribution in [3.05, 3.63) is 84.2 Å². The first kappa shape index (κ1) is 17.5. The Balaban J connectivity index is 1.59. The van der Waals surface area contributed by atoms with Crippen LogP contribution in [0.15, 0.2) is 73.1 Å². The van der Waals surface area contributed by atoms with Gasteiger partial charge in [-0.15, -0.1) is 0 Å². The molecule has 26 heavy (non-hydrogen) atoms. The van der Waals surface area contributed by atoms with Crippen LogP contribution in [0.4, 0.5) is 0 Å². The summed E-state index contributed by atoms with van der Waals surface area (Å²) in [7, 11) is 1.61. The Hall–Kier alpha value is -3.34. The highest BCUT2D eigenvalue weighted by molar-refractivity contribution is 5.72. The monoisotopic (exact) mass is 349 g/mol. The zero-order valence-electron chi connectivity index (χ0n) is 14.4. The second-order valence-corrected chi connectivity index (χ2v) is 5.58. The van der Waals surface area contributed by atoms with Crippen molar-refractivity contribution < 1.29 is 19.0 Å². The van der Waals surface area contributed by atoms with Crippen LogP contribution in [0.25, 0.3) is 0 Å². The number of methoxy groups -OCH3 is 1. The van der Waals surface area contributed by atoms with Gasteiger partial charge in [-0.1, -0.05) is 30.3 Å². The summed E-state index contributed by atoms with van der Waals surface area (Å²) in [5.41, 5.74) is 1.66. The highest BCUT2D eigenvalue weighted by atomic mass is 16.5. The molecule has 0 unspecified atom stereocenters. The summed E-state index contributed by atoms with van der Waals surface area (Å²) < 4.78 is 16.3. The minimum atomic E-state index is -0.300. The fourth-order valence-corrected chi connectivity index (χ4v) is 2.38. The van der Waals surface area contributed by atoms with Gasteiger partial charge in [0.1, 0.15) is 23.9 Å². The highest BCUT2D eigenvalue weighted by Gasteiger charge is 2.09. The smallest absolute Gasteiger partial charge is 0.310 e. The van der Waals surface area contributed by atoms with Crippen molar-refractivity contribution in [3.63, 3.8) is 0 Å². The number of para-hydroxylation sites is 1. The van der Waals surface area contributed by atoms with E-state index in [9.17, 15) is 4.79 Å². The Morgan fingerprint density at radius 3 is 2.50 bits per heavy atom. The molecule has 132 valence electrons. The molecule has 0 radical (unpaired) electrons. The van der Waals surface area contributed by atoms with Gasteiger partial charge in [-0.3, -0.25) is 9.78 Å². The van der Waals surface area contributed by atoms with Gasteiger partial charge in [0.2, 0.25) is 0 Å². The number of nitrogens with zero attached hydrogens (tertiary/aromatic N) is 1. The number of hydrogen-bond donors (Lipinski definition) is 0. The van der Waals surface area contributed by atoms with Gasteiger partial charge < -0.3 is 14.2 Å². The van der Waals surface area contributed by atoms with E-state index in [1.165, 1.54) is 0 Å². The number of pyridine rings is 1. The fourth-order valence-electron chi connectivity index (χ4n) is 2.38. The van der Waals surface area contributed by atoms with Crippen molar-refractivity contribution in [1.82, 2.24) is 4.98 Å². The average molecular weight is 349 g/mol. The summed E-state index contributed by atoms with van der Waals surface area (Å²) in [6.45, 7) is 0.144. The van der Waals surface area contributed by atoms with Gasteiger partial charge >= 0.3 is 5.97 Å². The lowest BCUT2D eigenvalue weighted by Crippen LogP contribution is -2.08. The number of ether oxygens (including phenoxy) is 3. The minimum Gasteiger partial charge on any atom is -0.497 e. The van der Waals surface area contributed by atoms with Crippen LogP contribution in [0.2, 0.25) is 0 Å². The van der Waals surface area contributed by atoms with Gasteiger partial charge in [0.05, 0.1) is 19.7 Å². The van der Waals surface area contributed by atoms with Crippen molar-refractivity contribution in [3.8, 4) is 17.2 Å². The van der Waals surface area contributed by atoms with E-state index >= 15 is 0 Å². The minimum absolute atomic E-state index is 0.144. The van der Waals surface area contributed by atoms with Crippen LogP contribution in [0, 0.1) is 0 Å². The molecule has 0 amide bonds. The molecule has 3 aromatic rings. The predicted octanol–water partition coefficient (Wildman–Crippen LogP) is 4.17. The maximum absolute atomic E-state index is 12.1. The number of carbonyl (C=O) groups is 1. The quantitative estimate of drug-likeness (QED) is 0.599. The van der Waals surface area contributed by atoms with E-state index < -0.39 is 0 Å². The third kappa shape index (κ3) is 4.83. The van der Waals surface area contributed by atoms with E-state index in [4.69, 9.17) is 14.2 Å². The first-order chi connectivity index (χ1) is 12.7. The molecule has 0 saturated heterocycles. The van der Waals surface area contributed by atoms with E-state index in [2.05, 4.69) is 4.98 Å². The SMILES string of the molecule is COc1ccc(CC(=O)OCc2ccccc2Oc2cccnc2)cc1. The topological polar surface area (TPSA) is 57.7 Å². The van der Waals surface area contributed by atoms with Crippen LogP contribution >= 0.6 is 0 Å². The first-order valence-corrected chi connectivity index (χ1v) is 8.19. The molecule has 0 saturated carbocycles. The summed E-state index contributed by atoms with van der Waals surface area (Å²) in [5.74, 6) is 1.72. The van der Waals surface area contributed by atoms with Gasteiger partial charge in [0, 0.05) is 11.8 Å². The van der Waals surface area contributed by atoms with Gasteiger partial charge in [0.15, 0.2) is 0 Å². The van der Waals surface area contributed by atoms with Crippen LogP contribution in [-0.2, 0) is 22.6 Å². The van der Waals surface area contributed by atoms with Crippen molar-refractivity contribution >= 4 is 5.97 Å². The fraction of sp³-hybridized carbons (Fsp3) is 0.143. The van der Waals surface area contributed by atoms with Crippen molar-refractivity contribution in [2.75, 3.05) is 7.11 Å². The maximum Gasteiger partial charge on any atom is 0.310 e. The molecule has 0 N–H and O–H groups in total. The van der Waals surface area contributed by atoms with E-state index in [-0.39, 0.29) is 19.0 Å². The number of aromatic nitrogens is 1. The third-order valence-corrected chi connectivity index (χ3v) is 3.73. The van der Waals surface area contributed by atoms with E-state index in [0.29, 0.717) is 11.5 Å². The van der Waals surface area contributed by atoms with Gasteiger partial charge in [-0.05, 0) is 35.9 Å². The van der Waals surface area contributed by atoms with Crippen LogP contribution in [-0.4, -0.2) is 18.1 Å². The summed E-state index contributed by atoms with van der Waals surface area (Å²) in [6, 6.07) is 18.4. The molecule has 5 nitrogen and oxygen atoms in total. The molecule has 1 heterocycles. The molecular formula is C21H19NO4. The molecule has 5 heteroatoms. The van der Waals surface area contributed by atoms with E-state index in [1.54, 1.807) is 25.6 Å². The highest BCUT2D eigenvalue weighted by Crippen LogP contribution is 2.25. The number of benzene rings is 2. The Labute approximate surface area is 152 Å².